The third kappa shape index (κ3) is 2.76. The Bertz CT molecular complexity index is 398. The van der Waals surface area contributed by atoms with Crippen LogP contribution in [0, 0.1) is 13.8 Å². The summed E-state index contributed by atoms with van der Waals surface area (Å²) in [4.78, 5) is 2.58. The average Bonchev–Trinajstić information content (AvgIpc) is 2.34. The Hall–Kier alpha value is -0.860. The van der Waals surface area contributed by atoms with Gasteiger partial charge in [-0.3, -0.25) is 4.90 Å². The largest absolute Gasteiger partial charge is 0.326 e. The number of hydrogen-bond donors (Lipinski definition) is 1. The zero-order chi connectivity index (χ0) is 13.1. The van der Waals surface area contributed by atoms with E-state index in [1.807, 2.05) is 0 Å². The summed E-state index contributed by atoms with van der Waals surface area (Å²) in [5, 5.41) is 0. The molecule has 0 aromatic heterocycles. The number of aryl methyl sites for hydroxylation is 2. The van der Waals surface area contributed by atoms with Crippen molar-refractivity contribution in [1.29, 1.82) is 0 Å². The Kier molecular flexibility index (Phi) is 4.41. The van der Waals surface area contributed by atoms with E-state index in [0.29, 0.717) is 6.04 Å². The Morgan fingerprint density at radius 3 is 2.83 bits per heavy atom. The van der Waals surface area contributed by atoms with Crippen LogP contribution in [0.25, 0.3) is 0 Å². The molecule has 0 saturated carbocycles. The smallest absolute Gasteiger partial charge is 0.0501 e. The second-order valence-corrected chi connectivity index (χ2v) is 5.65. The van der Waals surface area contributed by atoms with Gasteiger partial charge in [0.15, 0.2) is 0 Å². The molecule has 2 N–H and O–H groups in total. The van der Waals surface area contributed by atoms with Crippen molar-refractivity contribution in [3.05, 3.63) is 34.9 Å². The standard InChI is InChI=1S/C16H26N2/c1-4-9-18-10-5-6-15(17)16(18)14-11-12(2)7-8-13(14)3/h7-8,11,15-16H,4-6,9-10,17H2,1-3H3. The highest BCUT2D eigenvalue weighted by Crippen LogP contribution is 2.32. The summed E-state index contributed by atoms with van der Waals surface area (Å²) < 4.78 is 0. The number of benzene rings is 1. The number of piperidine rings is 1. The van der Waals surface area contributed by atoms with E-state index in [4.69, 9.17) is 5.73 Å². The second-order valence-electron chi connectivity index (χ2n) is 5.65. The third-order valence-electron chi connectivity index (χ3n) is 4.05. The molecular formula is C16H26N2. The molecule has 2 nitrogen and oxygen atoms in total. The molecule has 2 heteroatoms. The summed E-state index contributed by atoms with van der Waals surface area (Å²) in [7, 11) is 0. The maximum atomic E-state index is 6.41. The molecule has 100 valence electrons. The van der Waals surface area contributed by atoms with Gasteiger partial charge < -0.3 is 5.73 Å². The van der Waals surface area contributed by atoms with Crippen LogP contribution in [0.15, 0.2) is 18.2 Å². The molecule has 1 fully saturated rings. The van der Waals surface area contributed by atoms with E-state index in [2.05, 4.69) is 43.9 Å². The van der Waals surface area contributed by atoms with E-state index >= 15 is 0 Å². The van der Waals surface area contributed by atoms with Gasteiger partial charge in [0.25, 0.3) is 0 Å². The number of hydrogen-bond acceptors (Lipinski definition) is 2. The van der Waals surface area contributed by atoms with Gasteiger partial charge in [-0.1, -0.05) is 30.7 Å². The second kappa shape index (κ2) is 5.85. The van der Waals surface area contributed by atoms with Crippen molar-refractivity contribution >= 4 is 0 Å². The van der Waals surface area contributed by atoms with Gasteiger partial charge in [0, 0.05) is 6.04 Å². The van der Waals surface area contributed by atoms with Crippen LogP contribution in [-0.4, -0.2) is 24.0 Å². The summed E-state index contributed by atoms with van der Waals surface area (Å²) in [6.07, 6.45) is 3.59. The van der Waals surface area contributed by atoms with Crippen molar-refractivity contribution in [2.24, 2.45) is 5.73 Å². The highest BCUT2D eigenvalue weighted by atomic mass is 15.2. The van der Waals surface area contributed by atoms with Gasteiger partial charge in [-0.05, 0) is 57.3 Å². The van der Waals surface area contributed by atoms with Crippen LogP contribution in [-0.2, 0) is 0 Å². The molecule has 1 aromatic carbocycles. The lowest BCUT2D eigenvalue weighted by atomic mass is 9.87. The molecular weight excluding hydrogens is 220 g/mol. The van der Waals surface area contributed by atoms with E-state index in [0.717, 1.165) is 13.0 Å². The number of likely N-dealkylation sites (tertiary alicyclic amines) is 1. The molecule has 1 aliphatic heterocycles. The van der Waals surface area contributed by atoms with E-state index in [9.17, 15) is 0 Å². The maximum absolute atomic E-state index is 6.41. The lowest BCUT2D eigenvalue weighted by molar-refractivity contribution is 0.128. The molecule has 0 radical (unpaired) electrons. The Morgan fingerprint density at radius 1 is 1.33 bits per heavy atom. The van der Waals surface area contributed by atoms with Crippen molar-refractivity contribution in [2.75, 3.05) is 13.1 Å². The first-order valence-corrected chi connectivity index (χ1v) is 7.20. The van der Waals surface area contributed by atoms with Crippen molar-refractivity contribution in [3.8, 4) is 0 Å². The molecule has 0 bridgehead atoms. The van der Waals surface area contributed by atoms with Crippen LogP contribution in [0.1, 0.15) is 48.9 Å². The molecule has 18 heavy (non-hydrogen) atoms. The van der Waals surface area contributed by atoms with Crippen molar-refractivity contribution in [1.82, 2.24) is 4.90 Å². The average molecular weight is 246 g/mol. The van der Waals surface area contributed by atoms with E-state index in [1.54, 1.807) is 0 Å². The maximum Gasteiger partial charge on any atom is 0.0501 e. The Labute approximate surface area is 111 Å². The third-order valence-corrected chi connectivity index (χ3v) is 4.05. The van der Waals surface area contributed by atoms with E-state index < -0.39 is 0 Å². The molecule has 1 heterocycles. The predicted molar refractivity (Wildman–Crippen MR) is 77.7 cm³/mol. The van der Waals surface area contributed by atoms with Crippen LogP contribution in [0.5, 0.6) is 0 Å². The first-order valence-electron chi connectivity index (χ1n) is 7.20. The van der Waals surface area contributed by atoms with Crippen LogP contribution in [0.2, 0.25) is 0 Å². The van der Waals surface area contributed by atoms with Gasteiger partial charge in [0.05, 0.1) is 6.04 Å². The molecule has 2 rings (SSSR count). The topological polar surface area (TPSA) is 29.3 Å². The summed E-state index contributed by atoms with van der Waals surface area (Å²) in [6, 6.07) is 7.45. The number of nitrogens with zero attached hydrogens (tertiary/aromatic N) is 1. The molecule has 0 aliphatic carbocycles. The number of nitrogens with two attached hydrogens (primary N) is 1. The lowest BCUT2D eigenvalue weighted by Gasteiger charge is -2.40. The van der Waals surface area contributed by atoms with Gasteiger partial charge in [0.2, 0.25) is 0 Å². The Morgan fingerprint density at radius 2 is 2.11 bits per heavy atom. The van der Waals surface area contributed by atoms with Crippen molar-refractivity contribution in [3.63, 3.8) is 0 Å². The Balaban J connectivity index is 2.33. The van der Waals surface area contributed by atoms with Gasteiger partial charge in [0.1, 0.15) is 0 Å². The summed E-state index contributed by atoms with van der Waals surface area (Å²) in [5.41, 5.74) is 10.6. The highest BCUT2D eigenvalue weighted by Gasteiger charge is 2.30. The quantitative estimate of drug-likeness (QED) is 0.887. The molecule has 1 aromatic rings. The van der Waals surface area contributed by atoms with E-state index in [1.165, 1.54) is 36.1 Å². The molecule has 2 unspecified atom stereocenters. The van der Waals surface area contributed by atoms with Crippen LogP contribution >= 0.6 is 0 Å². The minimum atomic E-state index is 0.283. The van der Waals surface area contributed by atoms with Crippen LogP contribution < -0.4 is 5.73 Å². The molecule has 1 saturated heterocycles. The minimum absolute atomic E-state index is 0.283. The fourth-order valence-corrected chi connectivity index (χ4v) is 3.14. The minimum Gasteiger partial charge on any atom is -0.326 e. The van der Waals surface area contributed by atoms with Gasteiger partial charge >= 0.3 is 0 Å². The van der Waals surface area contributed by atoms with Crippen molar-refractivity contribution < 1.29 is 0 Å². The van der Waals surface area contributed by atoms with Gasteiger partial charge in [-0.25, -0.2) is 0 Å². The summed E-state index contributed by atoms with van der Waals surface area (Å²) in [6.45, 7) is 8.98. The SMILES string of the molecule is CCCN1CCCC(N)C1c1cc(C)ccc1C. The summed E-state index contributed by atoms with van der Waals surface area (Å²) in [5.74, 6) is 0. The fraction of sp³-hybridized carbons (Fsp3) is 0.625. The first kappa shape index (κ1) is 13.6. The molecule has 1 aliphatic rings. The van der Waals surface area contributed by atoms with Gasteiger partial charge in [-0.2, -0.15) is 0 Å². The predicted octanol–water partition coefficient (Wildman–Crippen LogP) is 3.18. The van der Waals surface area contributed by atoms with Gasteiger partial charge in [-0.15, -0.1) is 0 Å². The van der Waals surface area contributed by atoms with Crippen molar-refractivity contribution in [2.45, 2.75) is 52.1 Å². The normalized spacial score (nSPS) is 25.3. The molecule has 0 spiro atoms. The summed E-state index contributed by atoms with van der Waals surface area (Å²) >= 11 is 0. The highest BCUT2D eigenvalue weighted by molar-refractivity contribution is 5.34. The van der Waals surface area contributed by atoms with Crippen LogP contribution in [0.3, 0.4) is 0 Å². The van der Waals surface area contributed by atoms with E-state index in [-0.39, 0.29) is 6.04 Å². The fourth-order valence-electron chi connectivity index (χ4n) is 3.14. The molecule has 2 atom stereocenters. The van der Waals surface area contributed by atoms with Crippen LogP contribution in [0.4, 0.5) is 0 Å². The lowest BCUT2D eigenvalue weighted by Crippen LogP contribution is -2.46. The number of rotatable bonds is 3. The zero-order valence-electron chi connectivity index (χ0n) is 11.9. The zero-order valence-corrected chi connectivity index (χ0v) is 11.9. The monoisotopic (exact) mass is 246 g/mol. The first-order chi connectivity index (χ1) is 8.63. The molecule has 0 amide bonds.